The van der Waals surface area contributed by atoms with Gasteiger partial charge in [-0.05, 0) is 18.9 Å². The van der Waals surface area contributed by atoms with Gasteiger partial charge in [-0.2, -0.15) is 0 Å². The molecular weight excluding hydrogens is 352 g/mol. The van der Waals surface area contributed by atoms with Crippen LogP contribution in [0.1, 0.15) is 107 Å². The van der Waals surface area contributed by atoms with Crippen LogP contribution in [0.25, 0.3) is 0 Å². The summed E-state index contributed by atoms with van der Waals surface area (Å²) in [5.41, 5.74) is 0.167. The number of carbonyl (C=O) groups excluding carboxylic acids is 1. The molecule has 1 aliphatic heterocycles. The fraction of sp³-hybridized carbons (Fsp3) is 0.625. The molecule has 0 saturated carbocycles. The largest absolute Gasteiger partial charge is 0.508 e. The first-order chi connectivity index (χ1) is 13.6. The highest BCUT2D eigenvalue weighted by Gasteiger charge is 2.26. The summed E-state index contributed by atoms with van der Waals surface area (Å²) in [7, 11) is 0. The molecule has 0 unspecified atom stereocenters. The van der Waals surface area contributed by atoms with E-state index in [0.29, 0.717) is 5.76 Å². The van der Waals surface area contributed by atoms with Gasteiger partial charge < -0.3 is 14.9 Å². The van der Waals surface area contributed by atoms with Crippen LogP contribution in [-0.2, 0) is 0 Å². The Morgan fingerprint density at radius 2 is 1.46 bits per heavy atom. The number of Topliss-reactive ketones (excluding diaryl/α,β-unsaturated/α-hetero) is 1. The summed E-state index contributed by atoms with van der Waals surface area (Å²) in [6, 6.07) is 2.55. The summed E-state index contributed by atoms with van der Waals surface area (Å²) < 4.78 is 5.69. The molecule has 4 nitrogen and oxygen atoms in total. The van der Waals surface area contributed by atoms with Crippen LogP contribution < -0.4 is 4.74 Å². The molecule has 0 saturated heterocycles. The lowest BCUT2D eigenvalue weighted by molar-refractivity contribution is 0.0960. The lowest BCUT2D eigenvalue weighted by Gasteiger charge is -2.19. The molecule has 2 rings (SSSR count). The standard InChI is InChI=1S/C24H36O4/c1-2-3-4-5-6-7-8-9-10-11-12-13-14-15-20-18-22(27)24-21(26)16-19(25)17-23(24)28-20/h15-17,25-26H,2-14,18H2,1H3/b20-15+. The first-order valence-corrected chi connectivity index (χ1v) is 11.1. The number of benzene rings is 1. The molecule has 0 bridgehead atoms. The normalized spacial score (nSPS) is 14.9. The molecule has 1 heterocycles. The predicted molar refractivity (Wildman–Crippen MR) is 113 cm³/mol. The minimum Gasteiger partial charge on any atom is -0.508 e. The van der Waals surface area contributed by atoms with E-state index in [1.807, 2.05) is 6.08 Å². The predicted octanol–water partition coefficient (Wildman–Crippen LogP) is 7.04. The van der Waals surface area contributed by atoms with Crippen molar-refractivity contribution in [1.82, 2.24) is 0 Å². The molecule has 0 atom stereocenters. The Labute approximate surface area is 169 Å². The Morgan fingerprint density at radius 3 is 2.07 bits per heavy atom. The van der Waals surface area contributed by atoms with Crippen LogP contribution in [0.2, 0.25) is 0 Å². The maximum absolute atomic E-state index is 12.2. The number of rotatable bonds is 13. The van der Waals surface area contributed by atoms with Gasteiger partial charge in [0, 0.05) is 12.1 Å². The second kappa shape index (κ2) is 12.5. The van der Waals surface area contributed by atoms with Crippen LogP contribution in [0.15, 0.2) is 24.0 Å². The van der Waals surface area contributed by atoms with Gasteiger partial charge in [-0.3, -0.25) is 4.79 Å². The number of hydrogen-bond donors (Lipinski definition) is 2. The number of carbonyl (C=O) groups is 1. The SMILES string of the molecule is CCCCCCCCCCCCCC/C=C1\CC(=O)c2c(O)cc(O)cc2O1. The topological polar surface area (TPSA) is 66.8 Å². The Balaban J connectivity index is 1.56. The van der Waals surface area contributed by atoms with Gasteiger partial charge in [0.15, 0.2) is 5.78 Å². The van der Waals surface area contributed by atoms with Crippen molar-refractivity contribution in [2.24, 2.45) is 0 Å². The second-order valence-electron chi connectivity index (χ2n) is 7.89. The average molecular weight is 389 g/mol. The van der Waals surface area contributed by atoms with Crippen molar-refractivity contribution in [2.75, 3.05) is 0 Å². The summed E-state index contributed by atoms with van der Waals surface area (Å²) in [5.74, 6) is 0.367. The van der Waals surface area contributed by atoms with E-state index in [4.69, 9.17) is 4.74 Å². The van der Waals surface area contributed by atoms with Crippen molar-refractivity contribution < 1.29 is 19.7 Å². The summed E-state index contributed by atoms with van der Waals surface area (Å²) >= 11 is 0. The molecule has 0 radical (unpaired) electrons. The molecule has 0 aromatic heterocycles. The van der Waals surface area contributed by atoms with Crippen molar-refractivity contribution in [2.45, 2.75) is 96.8 Å². The summed E-state index contributed by atoms with van der Waals surface area (Å²) in [5, 5.41) is 19.4. The molecule has 0 spiro atoms. The van der Waals surface area contributed by atoms with E-state index in [-0.39, 0.29) is 35.0 Å². The molecule has 0 fully saturated rings. The van der Waals surface area contributed by atoms with E-state index in [2.05, 4.69) is 6.92 Å². The first kappa shape index (κ1) is 22.3. The van der Waals surface area contributed by atoms with Crippen molar-refractivity contribution in [1.29, 1.82) is 0 Å². The van der Waals surface area contributed by atoms with Crippen molar-refractivity contribution in [3.8, 4) is 17.2 Å². The summed E-state index contributed by atoms with van der Waals surface area (Å²) in [6.07, 6.45) is 18.9. The highest BCUT2D eigenvalue weighted by Crippen LogP contribution is 2.38. The van der Waals surface area contributed by atoms with Gasteiger partial charge in [0.25, 0.3) is 0 Å². The molecule has 1 aromatic rings. The number of unbranched alkanes of at least 4 members (excludes halogenated alkanes) is 12. The first-order valence-electron chi connectivity index (χ1n) is 11.1. The van der Waals surface area contributed by atoms with E-state index in [1.165, 1.54) is 82.8 Å². The Bertz CT molecular complexity index is 648. The third-order valence-electron chi connectivity index (χ3n) is 5.35. The third kappa shape index (κ3) is 7.57. The Morgan fingerprint density at radius 1 is 0.893 bits per heavy atom. The second-order valence-corrected chi connectivity index (χ2v) is 7.89. The number of phenolic OH excluding ortho intramolecular Hbond substituents is 2. The van der Waals surface area contributed by atoms with Crippen LogP contribution in [0.4, 0.5) is 0 Å². The fourth-order valence-electron chi connectivity index (χ4n) is 3.73. The molecule has 0 aliphatic carbocycles. The van der Waals surface area contributed by atoms with Gasteiger partial charge in [-0.15, -0.1) is 0 Å². The summed E-state index contributed by atoms with van der Waals surface area (Å²) in [4.78, 5) is 12.2. The van der Waals surface area contributed by atoms with Crippen molar-refractivity contribution in [3.63, 3.8) is 0 Å². The van der Waals surface area contributed by atoms with Crippen LogP contribution >= 0.6 is 0 Å². The molecule has 0 amide bonds. The highest BCUT2D eigenvalue weighted by molar-refractivity contribution is 6.03. The maximum atomic E-state index is 12.2. The van der Waals surface area contributed by atoms with Crippen LogP contribution in [0.3, 0.4) is 0 Å². The number of ether oxygens (including phenoxy) is 1. The third-order valence-corrected chi connectivity index (χ3v) is 5.35. The van der Waals surface area contributed by atoms with Crippen LogP contribution in [-0.4, -0.2) is 16.0 Å². The van der Waals surface area contributed by atoms with Gasteiger partial charge >= 0.3 is 0 Å². The molecular formula is C24H36O4. The zero-order chi connectivity index (χ0) is 20.2. The number of aromatic hydroxyl groups is 2. The van der Waals surface area contributed by atoms with Gasteiger partial charge in [0.2, 0.25) is 0 Å². The average Bonchev–Trinajstić information content (AvgIpc) is 2.64. The van der Waals surface area contributed by atoms with Gasteiger partial charge in [0.05, 0.1) is 6.42 Å². The number of ketones is 1. The molecule has 1 aromatic carbocycles. The zero-order valence-electron chi connectivity index (χ0n) is 17.3. The molecule has 1 aliphatic rings. The maximum Gasteiger partial charge on any atom is 0.177 e. The number of fused-ring (bicyclic) bond motifs is 1. The van der Waals surface area contributed by atoms with E-state index in [0.717, 1.165) is 12.8 Å². The van der Waals surface area contributed by atoms with E-state index in [1.54, 1.807) is 0 Å². The highest BCUT2D eigenvalue weighted by atomic mass is 16.5. The zero-order valence-corrected chi connectivity index (χ0v) is 17.3. The summed E-state index contributed by atoms with van der Waals surface area (Å²) in [6.45, 7) is 2.26. The van der Waals surface area contributed by atoms with Gasteiger partial charge in [0.1, 0.15) is 28.6 Å². The van der Waals surface area contributed by atoms with Gasteiger partial charge in [-0.25, -0.2) is 0 Å². The smallest absolute Gasteiger partial charge is 0.177 e. The quantitative estimate of drug-likeness (QED) is 0.356. The molecule has 28 heavy (non-hydrogen) atoms. The van der Waals surface area contributed by atoms with Gasteiger partial charge in [-0.1, -0.05) is 77.6 Å². The van der Waals surface area contributed by atoms with Crippen molar-refractivity contribution in [3.05, 3.63) is 29.5 Å². The van der Waals surface area contributed by atoms with Crippen molar-refractivity contribution >= 4 is 5.78 Å². The minimum absolute atomic E-state index is 0.105. The molecule has 156 valence electrons. The molecule has 2 N–H and O–H groups in total. The van der Waals surface area contributed by atoms with Crippen LogP contribution in [0, 0.1) is 0 Å². The monoisotopic (exact) mass is 388 g/mol. The fourth-order valence-corrected chi connectivity index (χ4v) is 3.73. The van der Waals surface area contributed by atoms with E-state index in [9.17, 15) is 15.0 Å². The Hall–Kier alpha value is -1.97. The number of allylic oxidation sites excluding steroid dienone is 2. The minimum atomic E-state index is -0.222. The van der Waals surface area contributed by atoms with E-state index >= 15 is 0 Å². The number of phenols is 2. The Kier molecular flexibility index (Phi) is 9.95. The lowest BCUT2D eigenvalue weighted by atomic mass is 10.0. The van der Waals surface area contributed by atoms with Crippen LogP contribution in [0.5, 0.6) is 17.2 Å². The molecule has 4 heteroatoms. The number of hydrogen-bond acceptors (Lipinski definition) is 4. The van der Waals surface area contributed by atoms with E-state index < -0.39 is 0 Å². The lowest BCUT2D eigenvalue weighted by Crippen LogP contribution is -2.14.